The van der Waals surface area contributed by atoms with Crippen LogP contribution in [0.15, 0.2) is 0 Å². The predicted molar refractivity (Wildman–Crippen MR) is 59.3 cm³/mol. The molecule has 15 heavy (non-hydrogen) atoms. The van der Waals surface area contributed by atoms with Crippen LogP contribution in [0.3, 0.4) is 0 Å². The molecule has 3 aliphatic carbocycles. The van der Waals surface area contributed by atoms with Gasteiger partial charge in [0.2, 0.25) is 5.91 Å². The highest BCUT2D eigenvalue weighted by Gasteiger charge is 2.49. The summed E-state index contributed by atoms with van der Waals surface area (Å²) in [5, 5.41) is 3.23. The van der Waals surface area contributed by atoms with E-state index < -0.39 is 0 Å². The summed E-state index contributed by atoms with van der Waals surface area (Å²) < 4.78 is 0. The number of carbonyl (C=O) groups excluding carboxylic acids is 1. The van der Waals surface area contributed by atoms with E-state index in [-0.39, 0.29) is 0 Å². The first-order chi connectivity index (χ1) is 7.28. The van der Waals surface area contributed by atoms with Crippen LogP contribution in [0.1, 0.15) is 45.4 Å². The molecule has 0 radical (unpaired) electrons. The van der Waals surface area contributed by atoms with Crippen molar-refractivity contribution in [1.29, 1.82) is 0 Å². The fourth-order valence-corrected chi connectivity index (χ4v) is 3.34. The van der Waals surface area contributed by atoms with Gasteiger partial charge < -0.3 is 5.32 Å². The van der Waals surface area contributed by atoms with Crippen molar-refractivity contribution in [2.75, 3.05) is 0 Å². The summed E-state index contributed by atoms with van der Waals surface area (Å²) >= 11 is 0. The van der Waals surface area contributed by atoms with E-state index >= 15 is 0 Å². The molecule has 0 aliphatic heterocycles. The number of amides is 1. The Morgan fingerprint density at radius 3 is 2.60 bits per heavy atom. The number of hydrogen-bond donors (Lipinski definition) is 1. The van der Waals surface area contributed by atoms with Crippen LogP contribution in [0.5, 0.6) is 0 Å². The van der Waals surface area contributed by atoms with Gasteiger partial charge in [-0.2, -0.15) is 0 Å². The van der Waals surface area contributed by atoms with E-state index in [4.69, 9.17) is 0 Å². The zero-order valence-corrected chi connectivity index (χ0v) is 9.54. The van der Waals surface area contributed by atoms with E-state index in [0.29, 0.717) is 17.9 Å². The zero-order chi connectivity index (χ0) is 10.4. The first-order valence-electron chi connectivity index (χ1n) is 6.58. The van der Waals surface area contributed by atoms with Crippen molar-refractivity contribution in [3.05, 3.63) is 0 Å². The highest BCUT2D eigenvalue weighted by atomic mass is 16.2. The molecule has 0 saturated heterocycles. The molecule has 3 fully saturated rings. The molecule has 2 heteroatoms. The van der Waals surface area contributed by atoms with E-state index in [0.717, 1.165) is 17.8 Å². The second kappa shape index (κ2) is 3.50. The van der Waals surface area contributed by atoms with Crippen LogP contribution in [0.2, 0.25) is 0 Å². The highest BCUT2D eigenvalue weighted by molar-refractivity contribution is 5.79. The van der Waals surface area contributed by atoms with Gasteiger partial charge >= 0.3 is 0 Å². The minimum absolute atomic E-state index is 0.366. The third-order valence-corrected chi connectivity index (χ3v) is 4.52. The van der Waals surface area contributed by atoms with Crippen molar-refractivity contribution >= 4 is 5.91 Å². The maximum absolute atomic E-state index is 11.9. The van der Waals surface area contributed by atoms with Gasteiger partial charge in [0, 0.05) is 12.0 Å². The SMILES string of the molecule is CCCC1CC1NC(=O)C1CC2CC2C1. The summed E-state index contributed by atoms with van der Waals surface area (Å²) in [6.45, 7) is 2.22. The molecule has 2 nitrogen and oxygen atoms in total. The predicted octanol–water partition coefficient (Wildman–Crippen LogP) is 2.34. The standard InChI is InChI=1S/C13H21NO/c1-2-3-8-7-12(8)14-13(15)11-5-9-4-10(9)6-11/h8-12H,2-7H2,1H3,(H,14,15). The second-order valence-corrected chi connectivity index (χ2v) is 5.82. The van der Waals surface area contributed by atoms with E-state index in [9.17, 15) is 4.79 Å². The molecule has 4 atom stereocenters. The van der Waals surface area contributed by atoms with Crippen LogP contribution >= 0.6 is 0 Å². The van der Waals surface area contributed by atoms with Crippen LogP contribution in [0.4, 0.5) is 0 Å². The van der Waals surface area contributed by atoms with Gasteiger partial charge in [-0.05, 0) is 49.9 Å². The summed E-state index contributed by atoms with van der Waals surface area (Å²) in [4.78, 5) is 11.9. The molecule has 4 unspecified atom stereocenters. The second-order valence-electron chi connectivity index (χ2n) is 5.82. The Kier molecular flexibility index (Phi) is 2.26. The van der Waals surface area contributed by atoms with Gasteiger partial charge in [-0.25, -0.2) is 0 Å². The molecule has 0 spiro atoms. The average Bonchev–Trinajstić information content (AvgIpc) is 3.09. The lowest BCUT2D eigenvalue weighted by Gasteiger charge is -2.11. The lowest BCUT2D eigenvalue weighted by atomic mass is 10.0. The minimum Gasteiger partial charge on any atom is -0.353 e. The molecule has 3 saturated carbocycles. The van der Waals surface area contributed by atoms with Gasteiger partial charge in [0.05, 0.1) is 0 Å². The third-order valence-electron chi connectivity index (χ3n) is 4.52. The van der Waals surface area contributed by atoms with E-state index in [1.165, 1.54) is 38.5 Å². The molecule has 1 amide bonds. The van der Waals surface area contributed by atoms with Crippen LogP contribution in [0, 0.1) is 23.7 Å². The fourth-order valence-electron chi connectivity index (χ4n) is 3.34. The summed E-state index contributed by atoms with van der Waals surface area (Å²) in [6, 6.07) is 0.536. The number of carbonyl (C=O) groups is 1. The molecule has 0 heterocycles. The molecule has 0 aromatic rings. The zero-order valence-electron chi connectivity index (χ0n) is 9.54. The smallest absolute Gasteiger partial charge is 0.223 e. The molecule has 3 aliphatic rings. The minimum atomic E-state index is 0.366. The normalized spacial score (nSPS) is 46.1. The Labute approximate surface area is 91.8 Å². The van der Waals surface area contributed by atoms with E-state index in [1.807, 2.05) is 0 Å². The average molecular weight is 207 g/mol. The van der Waals surface area contributed by atoms with Crippen LogP contribution in [-0.4, -0.2) is 11.9 Å². The Morgan fingerprint density at radius 2 is 1.93 bits per heavy atom. The van der Waals surface area contributed by atoms with Crippen LogP contribution in [0.25, 0.3) is 0 Å². The molecule has 0 aromatic carbocycles. The monoisotopic (exact) mass is 207 g/mol. The summed E-state index contributed by atoms with van der Waals surface area (Å²) in [7, 11) is 0. The first-order valence-corrected chi connectivity index (χ1v) is 6.58. The Hall–Kier alpha value is -0.530. The van der Waals surface area contributed by atoms with Gasteiger partial charge in [-0.1, -0.05) is 13.3 Å². The summed E-state index contributed by atoms with van der Waals surface area (Å²) in [5.41, 5.74) is 0. The van der Waals surface area contributed by atoms with Gasteiger partial charge in [-0.15, -0.1) is 0 Å². The van der Waals surface area contributed by atoms with Gasteiger partial charge in [0.15, 0.2) is 0 Å². The molecule has 84 valence electrons. The fraction of sp³-hybridized carbons (Fsp3) is 0.923. The van der Waals surface area contributed by atoms with Crippen molar-refractivity contribution in [1.82, 2.24) is 5.32 Å². The summed E-state index contributed by atoms with van der Waals surface area (Å²) in [5.74, 6) is 3.38. The Morgan fingerprint density at radius 1 is 1.20 bits per heavy atom. The number of fused-ring (bicyclic) bond motifs is 1. The maximum Gasteiger partial charge on any atom is 0.223 e. The van der Waals surface area contributed by atoms with Gasteiger partial charge in [0.25, 0.3) is 0 Å². The van der Waals surface area contributed by atoms with Gasteiger partial charge in [-0.3, -0.25) is 4.79 Å². The van der Waals surface area contributed by atoms with Crippen molar-refractivity contribution < 1.29 is 4.79 Å². The van der Waals surface area contributed by atoms with Crippen molar-refractivity contribution in [2.45, 2.75) is 51.5 Å². The molecule has 1 N–H and O–H groups in total. The molecule has 3 rings (SSSR count). The quantitative estimate of drug-likeness (QED) is 0.753. The number of nitrogens with one attached hydrogen (secondary N) is 1. The molecular weight excluding hydrogens is 186 g/mol. The topological polar surface area (TPSA) is 29.1 Å². The number of hydrogen-bond acceptors (Lipinski definition) is 1. The van der Waals surface area contributed by atoms with Crippen molar-refractivity contribution in [3.63, 3.8) is 0 Å². The summed E-state index contributed by atoms with van der Waals surface area (Å²) in [6.07, 6.45) is 7.56. The van der Waals surface area contributed by atoms with Crippen molar-refractivity contribution in [2.24, 2.45) is 23.7 Å². The molecule has 0 aromatic heterocycles. The van der Waals surface area contributed by atoms with E-state index in [2.05, 4.69) is 12.2 Å². The third kappa shape index (κ3) is 1.91. The largest absolute Gasteiger partial charge is 0.353 e. The molecular formula is C13H21NO. The van der Waals surface area contributed by atoms with Crippen molar-refractivity contribution in [3.8, 4) is 0 Å². The lowest BCUT2D eigenvalue weighted by molar-refractivity contribution is -0.125. The van der Waals surface area contributed by atoms with Crippen LogP contribution < -0.4 is 5.32 Å². The maximum atomic E-state index is 11.9. The van der Waals surface area contributed by atoms with E-state index in [1.54, 1.807) is 0 Å². The van der Waals surface area contributed by atoms with Crippen LogP contribution in [-0.2, 0) is 4.79 Å². The Balaban J connectivity index is 1.42. The van der Waals surface area contributed by atoms with Gasteiger partial charge in [0.1, 0.15) is 0 Å². The molecule has 0 bridgehead atoms. The Bertz CT molecular complexity index is 266. The highest BCUT2D eigenvalue weighted by Crippen LogP contribution is 2.54. The first kappa shape index (κ1) is 9.68. The number of rotatable bonds is 4. The lowest BCUT2D eigenvalue weighted by Crippen LogP contribution is -2.32.